The molecule has 7 heteroatoms. The molecule has 27 heavy (non-hydrogen) atoms. The number of benzene rings is 1. The van der Waals surface area contributed by atoms with Crippen molar-refractivity contribution >= 4 is 15.8 Å². The summed E-state index contributed by atoms with van der Waals surface area (Å²) in [4.78, 5) is 8.93. The van der Waals surface area contributed by atoms with E-state index in [2.05, 4.69) is 44.4 Å². The number of guanidine groups is 1. The molecular formula is C20H32N4O2S. The average molecular weight is 393 g/mol. The van der Waals surface area contributed by atoms with Crippen molar-refractivity contribution in [1.82, 2.24) is 15.1 Å². The smallest absolute Gasteiger partial charge is 0.193 e. The molecule has 0 amide bonds. The summed E-state index contributed by atoms with van der Waals surface area (Å²) >= 11 is 0. The van der Waals surface area contributed by atoms with E-state index in [9.17, 15) is 8.42 Å². The van der Waals surface area contributed by atoms with Gasteiger partial charge in [-0.25, -0.2) is 8.42 Å². The Morgan fingerprint density at radius 2 is 1.96 bits per heavy atom. The fraction of sp³-hybridized carbons (Fsp3) is 0.650. The first kappa shape index (κ1) is 20.1. The minimum atomic E-state index is -3.03. The Bertz CT molecular complexity index is 789. The second-order valence-electron chi connectivity index (χ2n) is 8.12. The minimum absolute atomic E-state index is 0.188. The molecule has 0 bridgehead atoms. The summed E-state index contributed by atoms with van der Waals surface area (Å²) in [5.74, 6) is 0.996. The first-order valence-electron chi connectivity index (χ1n) is 9.79. The van der Waals surface area contributed by atoms with Gasteiger partial charge in [0.1, 0.15) is 0 Å². The van der Waals surface area contributed by atoms with Crippen molar-refractivity contribution in [2.75, 3.05) is 45.5 Å². The van der Waals surface area contributed by atoms with Crippen molar-refractivity contribution in [3.63, 3.8) is 0 Å². The first-order chi connectivity index (χ1) is 12.8. The molecule has 1 saturated heterocycles. The number of hydrogen-bond donors (Lipinski definition) is 1. The normalized spacial score (nSPS) is 22.3. The van der Waals surface area contributed by atoms with Gasteiger partial charge in [0, 0.05) is 46.3 Å². The van der Waals surface area contributed by atoms with Crippen LogP contribution in [0.2, 0.25) is 0 Å². The van der Waals surface area contributed by atoms with E-state index in [1.54, 1.807) is 20.9 Å². The molecule has 1 aromatic rings. The maximum absolute atomic E-state index is 12.2. The summed E-state index contributed by atoms with van der Waals surface area (Å²) in [7, 11) is -1.27. The van der Waals surface area contributed by atoms with Gasteiger partial charge in [-0.05, 0) is 37.8 Å². The van der Waals surface area contributed by atoms with E-state index in [1.165, 1.54) is 11.1 Å². The topological polar surface area (TPSA) is 65.0 Å². The van der Waals surface area contributed by atoms with Gasteiger partial charge in [0.25, 0.3) is 0 Å². The Morgan fingerprint density at radius 3 is 2.67 bits per heavy atom. The van der Waals surface area contributed by atoms with Gasteiger partial charge in [0.15, 0.2) is 15.8 Å². The third-order valence-electron chi connectivity index (χ3n) is 5.70. The molecule has 3 rings (SSSR count). The fourth-order valence-corrected chi connectivity index (χ4v) is 5.27. The van der Waals surface area contributed by atoms with Crippen LogP contribution in [0.25, 0.3) is 0 Å². The quantitative estimate of drug-likeness (QED) is 0.478. The van der Waals surface area contributed by atoms with Crippen molar-refractivity contribution < 1.29 is 8.42 Å². The predicted molar refractivity (Wildman–Crippen MR) is 111 cm³/mol. The molecule has 0 aliphatic carbocycles. The molecular weight excluding hydrogens is 360 g/mol. The van der Waals surface area contributed by atoms with Gasteiger partial charge in [0.05, 0.1) is 10.5 Å². The van der Waals surface area contributed by atoms with Crippen molar-refractivity contribution in [3.05, 3.63) is 35.4 Å². The van der Waals surface area contributed by atoms with Crippen LogP contribution in [0.5, 0.6) is 0 Å². The second kappa shape index (κ2) is 8.19. The van der Waals surface area contributed by atoms with Crippen LogP contribution in [-0.2, 0) is 22.8 Å². The maximum atomic E-state index is 12.2. The van der Waals surface area contributed by atoms with Crippen molar-refractivity contribution in [2.45, 2.75) is 38.0 Å². The Labute approximate surface area is 163 Å². The maximum Gasteiger partial charge on any atom is 0.193 e. The molecule has 0 spiro atoms. The zero-order chi connectivity index (χ0) is 19.5. The minimum Gasteiger partial charge on any atom is -0.356 e. The third-order valence-corrected chi connectivity index (χ3v) is 8.23. The standard InChI is InChI=1S/C20H32N4O2S/c1-20(2)16-24(13-14-27(20,25)26)19(21-3)22-10-6-11-23-12-9-17-7-4-5-8-18(17)15-23/h4-5,7-8H,6,9-16H2,1-3H3,(H,21,22). The highest BCUT2D eigenvalue weighted by atomic mass is 32.2. The van der Waals surface area contributed by atoms with E-state index < -0.39 is 14.6 Å². The van der Waals surface area contributed by atoms with E-state index >= 15 is 0 Å². The van der Waals surface area contributed by atoms with E-state index in [4.69, 9.17) is 0 Å². The molecule has 1 N–H and O–H groups in total. The lowest BCUT2D eigenvalue weighted by atomic mass is 10.00. The first-order valence-corrected chi connectivity index (χ1v) is 11.4. The molecule has 0 atom stereocenters. The van der Waals surface area contributed by atoms with Gasteiger partial charge in [-0.2, -0.15) is 0 Å². The molecule has 1 aromatic carbocycles. The fourth-order valence-electron chi connectivity index (χ4n) is 3.90. The molecule has 2 heterocycles. The molecule has 0 unspecified atom stereocenters. The number of hydrogen-bond acceptors (Lipinski definition) is 4. The van der Waals surface area contributed by atoms with E-state index in [0.717, 1.165) is 45.0 Å². The van der Waals surface area contributed by atoms with E-state index in [1.807, 2.05) is 0 Å². The molecule has 2 aliphatic rings. The zero-order valence-corrected chi connectivity index (χ0v) is 17.6. The van der Waals surface area contributed by atoms with Crippen molar-refractivity contribution in [2.24, 2.45) is 4.99 Å². The monoisotopic (exact) mass is 392 g/mol. The van der Waals surface area contributed by atoms with Gasteiger partial charge in [-0.3, -0.25) is 9.89 Å². The molecule has 0 saturated carbocycles. The third kappa shape index (κ3) is 4.63. The second-order valence-corrected chi connectivity index (χ2v) is 10.9. The van der Waals surface area contributed by atoms with Gasteiger partial charge >= 0.3 is 0 Å². The molecule has 2 aliphatic heterocycles. The number of nitrogens with zero attached hydrogens (tertiary/aromatic N) is 3. The van der Waals surface area contributed by atoms with Gasteiger partial charge in [-0.1, -0.05) is 24.3 Å². The summed E-state index contributed by atoms with van der Waals surface area (Å²) in [6.45, 7) is 8.64. The molecule has 1 fully saturated rings. The van der Waals surface area contributed by atoms with Crippen LogP contribution < -0.4 is 5.32 Å². The lowest BCUT2D eigenvalue weighted by molar-refractivity contribution is 0.251. The number of nitrogens with one attached hydrogen (secondary N) is 1. The number of rotatable bonds is 4. The summed E-state index contributed by atoms with van der Waals surface area (Å²) in [6, 6.07) is 8.71. The van der Waals surface area contributed by atoms with Crippen LogP contribution in [0, 0.1) is 0 Å². The number of fused-ring (bicyclic) bond motifs is 1. The van der Waals surface area contributed by atoms with Crippen LogP contribution in [-0.4, -0.2) is 74.4 Å². The Balaban J connectivity index is 1.45. The summed E-state index contributed by atoms with van der Waals surface area (Å²) in [5.41, 5.74) is 2.93. The van der Waals surface area contributed by atoms with E-state index in [-0.39, 0.29) is 5.75 Å². The van der Waals surface area contributed by atoms with Crippen LogP contribution >= 0.6 is 0 Å². The predicted octanol–water partition coefficient (Wildman–Crippen LogP) is 1.52. The zero-order valence-electron chi connectivity index (χ0n) is 16.7. The van der Waals surface area contributed by atoms with Gasteiger partial charge in [0.2, 0.25) is 0 Å². The lowest BCUT2D eigenvalue weighted by Gasteiger charge is -2.39. The van der Waals surface area contributed by atoms with Crippen LogP contribution in [0.4, 0.5) is 0 Å². The van der Waals surface area contributed by atoms with Crippen LogP contribution in [0.15, 0.2) is 29.3 Å². The molecule has 6 nitrogen and oxygen atoms in total. The largest absolute Gasteiger partial charge is 0.356 e. The summed E-state index contributed by atoms with van der Waals surface area (Å²) in [5, 5.41) is 3.42. The highest BCUT2D eigenvalue weighted by Gasteiger charge is 2.40. The number of sulfone groups is 1. The molecule has 0 radical (unpaired) electrons. The van der Waals surface area contributed by atoms with E-state index in [0.29, 0.717) is 13.1 Å². The Kier molecular flexibility index (Phi) is 6.11. The Hall–Kier alpha value is -1.60. The summed E-state index contributed by atoms with van der Waals surface area (Å²) in [6.07, 6.45) is 2.17. The number of aliphatic imine (C=N–C) groups is 1. The lowest BCUT2D eigenvalue weighted by Crippen LogP contribution is -2.57. The highest BCUT2D eigenvalue weighted by molar-refractivity contribution is 7.92. The summed E-state index contributed by atoms with van der Waals surface area (Å²) < 4.78 is 23.6. The van der Waals surface area contributed by atoms with Crippen molar-refractivity contribution in [3.8, 4) is 0 Å². The highest BCUT2D eigenvalue weighted by Crippen LogP contribution is 2.23. The van der Waals surface area contributed by atoms with Gasteiger partial charge in [-0.15, -0.1) is 0 Å². The van der Waals surface area contributed by atoms with Crippen molar-refractivity contribution in [1.29, 1.82) is 0 Å². The van der Waals surface area contributed by atoms with Crippen LogP contribution in [0.3, 0.4) is 0 Å². The molecule has 150 valence electrons. The van der Waals surface area contributed by atoms with Gasteiger partial charge < -0.3 is 10.2 Å². The molecule has 0 aromatic heterocycles. The SMILES string of the molecule is CN=C(NCCCN1CCc2ccccc2C1)N1CCS(=O)(=O)C(C)(C)C1. The average Bonchev–Trinajstić information content (AvgIpc) is 2.64. The van der Waals surface area contributed by atoms with Crippen LogP contribution in [0.1, 0.15) is 31.4 Å². The Morgan fingerprint density at radius 1 is 1.22 bits per heavy atom.